The Bertz CT molecular complexity index is 415. The zero-order valence-corrected chi connectivity index (χ0v) is 12.9. The lowest BCUT2D eigenvalue weighted by atomic mass is 9.83. The van der Waals surface area contributed by atoms with E-state index in [4.69, 9.17) is 9.47 Å². The van der Waals surface area contributed by atoms with Gasteiger partial charge in [0, 0.05) is 5.92 Å². The van der Waals surface area contributed by atoms with Crippen LogP contribution in [0.2, 0.25) is 0 Å². The summed E-state index contributed by atoms with van der Waals surface area (Å²) in [6.45, 7) is 6.34. The first-order valence-electron chi connectivity index (χ1n) is 7.49. The topological polar surface area (TPSA) is 38.7 Å². The molecule has 1 aliphatic rings. The summed E-state index contributed by atoms with van der Waals surface area (Å²) in [4.78, 5) is 0. The monoisotopic (exact) mass is 278 g/mol. The Morgan fingerprint density at radius 1 is 1.15 bits per heavy atom. The molecule has 1 fully saturated rings. The minimum atomic E-state index is -0.299. The fourth-order valence-corrected chi connectivity index (χ4v) is 3.26. The standard InChI is InChI=1S/C17H26O3/c1-11-12(2)20-13(3)17(11)16(18)10-7-14-5-8-15(19-4)9-6-14/h5-6,8-9,11-13,16-18H,7,10H2,1-4H3. The number of hydrogen-bond donors (Lipinski definition) is 1. The molecule has 0 radical (unpaired) electrons. The van der Waals surface area contributed by atoms with E-state index >= 15 is 0 Å². The fraction of sp³-hybridized carbons (Fsp3) is 0.647. The van der Waals surface area contributed by atoms with Crippen molar-refractivity contribution in [2.45, 2.75) is 51.9 Å². The van der Waals surface area contributed by atoms with E-state index in [0.29, 0.717) is 5.92 Å². The van der Waals surface area contributed by atoms with Crippen molar-refractivity contribution in [1.29, 1.82) is 0 Å². The molecule has 0 bridgehead atoms. The molecule has 5 unspecified atom stereocenters. The van der Waals surface area contributed by atoms with E-state index in [2.05, 4.69) is 32.9 Å². The van der Waals surface area contributed by atoms with E-state index in [1.165, 1.54) is 5.56 Å². The predicted octanol–water partition coefficient (Wildman–Crippen LogP) is 3.05. The Hall–Kier alpha value is -1.06. The van der Waals surface area contributed by atoms with Crippen molar-refractivity contribution in [2.75, 3.05) is 7.11 Å². The Kier molecular flexibility index (Phi) is 5.06. The zero-order valence-electron chi connectivity index (χ0n) is 12.9. The first kappa shape index (κ1) is 15.3. The molecule has 1 N–H and O–H groups in total. The second-order valence-electron chi connectivity index (χ2n) is 5.94. The van der Waals surface area contributed by atoms with Crippen LogP contribution in [0.3, 0.4) is 0 Å². The van der Waals surface area contributed by atoms with Crippen molar-refractivity contribution < 1.29 is 14.6 Å². The van der Waals surface area contributed by atoms with Crippen LogP contribution >= 0.6 is 0 Å². The molecule has 0 aromatic heterocycles. The van der Waals surface area contributed by atoms with Crippen LogP contribution in [0.4, 0.5) is 0 Å². The molecule has 2 rings (SSSR count). The zero-order chi connectivity index (χ0) is 14.7. The lowest BCUT2D eigenvalue weighted by Gasteiger charge is -2.24. The van der Waals surface area contributed by atoms with Crippen molar-refractivity contribution in [3.8, 4) is 5.75 Å². The van der Waals surface area contributed by atoms with Gasteiger partial charge in [0.25, 0.3) is 0 Å². The van der Waals surface area contributed by atoms with Crippen LogP contribution in [-0.2, 0) is 11.2 Å². The maximum absolute atomic E-state index is 10.5. The van der Waals surface area contributed by atoms with Crippen molar-refractivity contribution in [3.63, 3.8) is 0 Å². The van der Waals surface area contributed by atoms with Gasteiger partial charge in [0.1, 0.15) is 5.75 Å². The Labute approximate surface area is 121 Å². The Morgan fingerprint density at radius 3 is 2.30 bits per heavy atom. The summed E-state index contributed by atoms with van der Waals surface area (Å²) in [5.74, 6) is 1.52. The normalized spacial score (nSPS) is 31.2. The van der Waals surface area contributed by atoms with Gasteiger partial charge in [0.2, 0.25) is 0 Å². The largest absolute Gasteiger partial charge is 0.497 e. The molecule has 0 spiro atoms. The Balaban J connectivity index is 1.89. The number of aliphatic hydroxyl groups is 1. The molecule has 5 atom stereocenters. The van der Waals surface area contributed by atoms with Crippen LogP contribution in [0.1, 0.15) is 32.8 Å². The van der Waals surface area contributed by atoms with Gasteiger partial charge in [-0.15, -0.1) is 0 Å². The first-order valence-corrected chi connectivity index (χ1v) is 7.49. The van der Waals surface area contributed by atoms with E-state index in [1.807, 2.05) is 12.1 Å². The molecule has 0 amide bonds. The SMILES string of the molecule is COc1ccc(CCC(O)C2C(C)OC(C)C2C)cc1. The minimum Gasteiger partial charge on any atom is -0.497 e. The van der Waals surface area contributed by atoms with Gasteiger partial charge in [-0.25, -0.2) is 0 Å². The molecule has 3 heteroatoms. The maximum atomic E-state index is 10.5. The highest BCUT2D eigenvalue weighted by Gasteiger charge is 2.40. The summed E-state index contributed by atoms with van der Waals surface area (Å²) < 4.78 is 11.0. The van der Waals surface area contributed by atoms with Gasteiger partial charge in [0.15, 0.2) is 0 Å². The molecule has 0 saturated carbocycles. The number of aryl methyl sites for hydroxylation is 1. The van der Waals surface area contributed by atoms with Crippen LogP contribution in [0.25, 0.3) is 0 Å². The molecule has 1 aromatic rings. The van der Waals surface area contributed by atoms with Gasteiger partial charge >= 0.3 is 0 Å². The van der Waals surface area contributed by atoms with Crippen LogP contribution < -0.4 is 4.74 Å². The van der Waals surface area contributed by atoms with Crippen molar-refractivity contribution in [1.82, 2.24) is 0 Å². The molecule has 3 nitrogen and oxygen atoms in total. The van der Waals surface area contributed by atoms with Gasteiger partial charge < -0.3 is 14.6 Å². The van der Waals surface area contributed by atoms with E-state index < -0.39 is 0 Å². The summed E-state index contributed by atoms with van der Waals surface area (Å²) >= 11 is 0. The second kappa shape index (κ2) is 6.59. The number of rotatable bonds is 5. The quantitative estimate of drug-likeness (QED) is 0.899. The third-order valence-corrected chi connectivity index (χ3v) is 4.65. The average molecular weight is 278 g/mol. The van der Waals surface area contributed by atoms with Crippen LogP contribution in [-0.4, -0.2) is 30.5 Å². The summed E-state index contributed by atoms with van der Waals surface area (Å²) in [5.41, 5.74) is 1.23. The van der Waals surface area contributed by atoms with Crippen LogP contribution in [0.15, 0.2) is 24.3 Å². The van der Waals surface area contributed by atoms with Crippen LogP contribution in [0.5, 0.6) is 5.75 Å². The number of hydrogen-bond acceptors (Lipinski definition) is 3. The molecule has 1 aromatic carbocycles. The highest BCUT2D eigenvalue weighted by atomic mass is 16.5. The van der Waals surface area contributed by atoms with Gasteiger partial charge in [-0.3, -0.25) is 0 Å². The summed E-state index contributed by atoms with van der Waals surface area (Å²) in [6, 6.07) is 8.06. The summed E-state index contributed by atoms with van der Waals surface area (Å²) in [5, 5.41) is 10.5. The van der Waals surface area contributed by atoms with Crippen LogP contribution in [0, 0.1) is 11.8 Å². The lowest BCUT2D eigenvalue weighted by molar-refractivity contribution is 0.0212. The highest BCUT2D eigenvalue weighted by molar-refractivity contribution is 5.27. The van der Waals surface area contributed by atoms with E-state index in [-0.39, 0.29) is 24.2 Å². The van der Waals surface area contributed by atoms with Gasteiger partial charge in [-0.05, 0) is 50.3 Å². The van der Waals surface area contributed by atoms with Gasteiger partial charge in [0.05, 0.1) is 25.4 Å². The maximum Gasteiger partial charge on any atom is 0.118 e. The third-order valence-electron chi connectivity index (χ3n) is 4.65. The lowest BCUT2D eigenvalue weighted by Crippen LogP contribution is -2.31. The minimum absolute atomic E-state index is 0.144. The van der Waals surface area contributed by atoms with Crippen molar-refractivity contribution >= 4 is 0 Å². The molecular formula is C17H26O3. The Morgan fingerprint density at radius 2 is 1.80 bits per heavy atom. The molecule has 1 aliphatic heterocycles. The molecule has 1 heterocycles. The predicted molar refractivity (Wildman–Crippen MR) is 80.0 cm³/mol. The highest BCUT2D eigenvalue weighted by Crippen LogP contribution is 2.35. The van der Waals surface area contributed by atoms with E-state index in [1.54, 1.807) is 7.11 Å². The first-order chi connectivity index (χ1) is 9.52. The summed E-state index contributed by atoms with van der Waals surface area (Å²) in [7, 11) is 1.67. The molecule has 20 heavy (non-hydrogen) atoms. The molecular weight excluding hydrogens is 252 g/mol. The molecule has 112 valence electrons. The van der Waals surface area contributed by atoms with Gasteiger partial charge in [-0.1, -0.05) is 19.1 Å². The second-order valence-corrected chi connectivity index (χ2v) is 5.94. The number of benzene rings is 1. The molecule has 0 aliphatic carbocycles. The smallest absolute Gasteiger partial charge is 0.118 e. The third kappa shape index (κ3) is 3.33. The number of ether oxygens (including phenoxy) is 2. The van der Waals surface area contributed by atoms with Gasteiger partial charge in [-0.2, -0.15) is 0 Å². The fourth-order valence-electron chi connectivity index (χ4n) is 3.26. The average Bonchev–Trinajstić information content (AvgIpc) is 2.70. The van der Waals surface area contributed by atoms with E-state index in [0.717, 1.165) is 18.6 Å². The number of methoxy groups -OCH3 is 1. The van der Waals surface area contributed by atoms with Crippen molar-refractivity contribution in [2.24, 2.45) is 11.8 Å². The number of aliphatic hydroxyl groups excluding tert-OH is 1. The summed E-state index contributed by atoms with van der Waals surface area (Å²) in [6.07, 6.45) is 1.75. The molecule has 1 saturated heterocycles. The van der Waals surface area contributed by atoms with E-state index in [9.17, 15) is 5.11 Å². The van der Waals surface area contributed by atoms with Crippen molar-refractivity contribution in [3.05, 3.63) is 29.8 Å².